The molecule has 1 heterocycles. The first-order chi connectivity index (χ1) is 17.0. The van der Waals surface area contributed by atoms with Crippen molar-refractivity contribution in [1.82, 2.24) is 15.2 Å². The molecule has 1 amide bonds. The first-order valence-electron chi connectivity index (χ1n) is 12.3. The van der Waals surface area contributed by atoms with Crippen LogP contribution in [0, 0.1) is 5.41 Å². The molecule has 2 aromatic carbocycles. The number of thiazole rings is 1. The zero-order valence-corrected chi connectivity index (χ0v) is 22.8. The predicted octanol–water partition coefficient (Wildman–Crippen LogP) is 4.31. The van der Waals surface area contributed by atoms with Crippen molar-refractivity contribution < 1.29 is 9.90 Å². The Kier molecular flexibility index (Phi) is 9.96. The van der Waals surface area contributed by atoms with Gasteiger partial charge in [0, 0.05) is 37.1 Å². The van der Waals surface area contributed by atoms with Gasteiger partial charge >= 0.3 is 4.87 Å². The molecule has 0 saturated heterocycles. The van der Waals surface area contributed by atoms with Gasteiger partial charge in [0.2, 0.25) is 5.91 Å². The van der Waals surface area contributed by atoms with Gasteiger partial charge in [0.1, 0.15) is 11.3 Å². The Morgan fingerprint density at radius 3 is 2.58 bits per heavy atom. The third-order valence-electron chi connectivity index (χ3n) is 5.94. The van der Waals surface area contributed by atoms with Crippen LogP contribution in [-0.2, 0) is 17.6 Å². The zero-order valence-electron chi connectivity index (χ0n) is 21.3. The lowest BCUT2D eigenvalue weighted by Gasteiger charge is -2.31. The summed E-state index contributed by atoms with van der Waals surface area (Å²) in [6.07, 6.45) is 2.59. The Balaban J connectivity index is 1.48. The van der Waals surface area contributed by atoms with Crippen LogP contribution < -0.4 is 15.9 Å². The summed E-state index contributed by atoms with van der Waals surface area (Å²) in [5.74, 6) is 0.162. The van der Waals surface area contributed by atoms with Gasteiger partial charge in [-0.2, -0.15) is 0 Å². The molecule has 9 heteroatoms. The highest BCUT2D eigenvalue weighted by molar-refractivity contribution is 7.16. The number of rotatable bonds is 12. The van der Waals surface area contributed by atoms with Crippen LogP contribution >= 0.6 is 22.9 Å². The summed E-state index contributed by atoms with van der Waals surface area (Å²) < 4.78 is 0.791. The Morgan fingerprint density at radius 1 is 1.17 bits per heavy atom. The monoisotopic (exact) mass is 532 g/mol. The lowest BCUT2D eigenvalue weighted by atomic mass is 9.95. The van der Waals surface area contributed by atoms with E-state index in [9.17, 15) is 14.7 Å². The summed E-state index contributed by atoms with van der Waals surface area (Å²) in [7, 11) is 0. The number of phenols is 1. The smallest absolute Gasteiger partial charge is 0.305 e. The third-order valence-corrected chi connectivity index (χ3v) is 7.15. The molecule has 7 nitrogen and oxygen atoms in total. The number of aromatic nitrogens is 1. The number of nitrogens with zero attached hydrogens (tertiary/aromatic N) is 1. The lowest BCUT2D eigenvalue weighted by Crippen LogP contribution is -2.43. The van der Waals surface area contributed by atoms with Crippen molar-refractivity contribution in [3.8, 4) is 5.75 Å². The van der Waals surface area contributed by atoms with Gasteiger partial charge in [-0.15, -0.1) is 0 Å². The number of fused-ring (bicyclic) bond motifs is 1. The van der Waals surface area contributed by atoms with Crippen molar-refractivity contribution in [2.45, 2.75) is 52.5 Å². The number of nitrogens with one attached hydrogen (secondary N) is 2. The maximum absolute atomic E-state index is 13.1. The fourth-order valence-corrected chi connectivity index (χ4v) is 5.18. The molecule has 3 rings (SSSR count). The number of carbonyl (C=O) groups is 1. The van der Waals surface area contributed by atoms with Gasteiger partial charge in [-0.05, 0) is 60.5 Å². The van der Waals surface area contributed by atoms with E-state index in [4.69, 9.17) is 17.3 Å². The molecule has 196 valence electrons. The number of phenolic OH excluding ortho intramolecular Hbond substituents is 1. The molecular weight excluding hydrogens is 496 g/mol. The first-order valence-corrected chi connectivity index (χ1v) is 13.5. The predicted molar refractivity (Wildman–Crippen MR) is 149 cm³/mol. The molecule has 5 N–H and O–H groups in total. The van der Waals surface area contributed by atoms with Crippen molar-refractivity contribution in [2.75, 3.05) is 26.2 Å². The number of carbonyl (C=O) groups excluding carboxylic acids is 1. The van der Waals surface area contributed by atoms with Crippen molar-refractivity contribution in [2.24, 2.45) is 11.1 Å². The van der Waals surface area contributed by atoms with Crippen molar-refractivity contribution in [3.63, 3.8) is 0 Å². The average Bonchev–Trinajstić information content (AvgIpc) is 3.21. The highest BCUT2D eigenvalue weighted by atomic mass is 35.5. The Morgan fingerprint density at radius 2 is 1.89 bits per heavy atom. The number of aromatic amines is 1. The van der Waals surface area contributed by atoms with Gasteiger partial charge in [-0.25, -0.2) is 0 Å². The van der Waals surface area contributed by atoms with Gasteiger partial charge < -0.3 is 26.0 Å². The van der Waals surface area contributed by atoms with E-state index in [0.29, 0.717) is 49.6 Å². The van der Waals surface area contributed by atoms with Crippen LogP contribution in [0.1, 0.15) is 44.7 Å². The second kappa shape index (κ2) is 12.7. The van der Waals surface area contributed by atoms with E-state index in [1.165, 1.54) is 0 Å². The molecule has 1 atom stereocenters. The van der Waals surface area contributed by atoms with Gasteiger partial charge in [0.05, 0.1) is 4.70 Å². The van der Waals surface area contributed by atoms with Crippen LogP contribution in [0.2, 0.25) is 5.02 Å². The van der Waals surface area contributed by atoms with Crippen molar-refractivity contribution >= 4 is 39.1 Å². The number of amides is 1. The second-order valence-electron chi connectivity index (χ2n) is 10.5. The number of hydrogen-bond donors (Lipinski definition) is 4. The minimum atomic E-state index is -0.200. The Hall–Kier alpha value is -2.39. The highest BCUT2D eigenvalue weighted by Gasteiger charge is 2.22. The van der Waals surface area contributed by atoms with E-state index in [0.717, 1.165) is 40.0 Å². The number of nitrogens with two attached hydrogens (primary N) is 1. The maximum Gasteiger partial charge on any atom is 0.305 e. The number of aryl methyl sites for hydroxylation is 1. The first kappa shape index (κ1) is 28.2. The largest absolute Gasteiger partial charge is 0.506 e. The summed E-state index contributed by atoms with van der Waals surface area (Å²) in [4.78, 5) is 29.2. The van der Waals surface area contributed by atoms with Crippen LogP contribution in [0.3, 0.4) is 0 Å². The Bertz CT molecular complexity index is 1200. The molecule has 0 aliphatic heterocycles. The molecule has 36 heavy (non-hydrogen) atoms. The van der Waals surface area contributed by atoms with Gasteiger partial charge in [-0.1, -0.05) is 61.9 Å². The summed E-state index contributed by atoms with van der Waals surface area (Å²) in [5.41, 5.74) is 8.97. The fourth-order valence-electron chi connectivity index (χ4n) is 4.16. The molecule has 0 spiro atoms. The molecule has 0 radical (unpaired) electrons. The van der Waals surface area contributed by atoms with E-state index < -0.39 is 0 Å². The minimum Gasteiger partial charge on any atom is -0.506 e. The summed E-state index contributed by atoms with van der Waals surface area (Å²) in [5, 5.41) is 14.1. The molecule has 0 fully saturated rings. The van der Waals surface area contributed by atoms with Crippen LogP contribution in [-0.4, -0.2) is 53.1 Å². The van der Waals surface area contributed by atoms with E-state index in [2.05, 4.69) is 31.1 Å². The average molecular weight is 533 g/mol. The lowest BCUT2D eigenvalue weighted by molar-refractivity contribution is -0.132. The van der Waals surface area contributed by atoms with Crippen LogP contribution in [0.5, 0.6) is 5.75 Å². The number of halogens is 1. The molecule has 0 aliphatic carbocycles. The molecule has 0 aliphatic rings. The summed E-state index contributed by atoms with van der Waals surface area (Å²) in [6, 6.07) is 11.0. The van der Waals surface area contributed by atoms with Crippen LogP contribution in [0.25, 0.3) is 10.2 Å². The van der Waals surface area contributed by atoms with E-state index >= 15 is 0 Å². The Labute approximate surface area is 221 Å². The SMILES string of the molecule is CC(C)(C)CN(CCNCCc1ccc(O)c2[nH]c(=O)sc12)C(=O)CC(N)CCc1ccc(Cl)cc1. The van der Waals surface area contributed by atoms with Crippen molar-refractivity contribution in [3.05, 3.63) is 62.2 Å². The van der Waals surface area contributed by atoms with E-state index in [-0.39, 0.29) is 28.0 Å². The maximum atomic E-state index is 13.1. The third kappa shape index (κ3) is 8.62. The zero-order chi connectivity index (χ0) is 26.3. The number of benzene rings is 2. The molecule has 1 unspecified atom stereocenters. The molecule has 0 saturated carbocycles. The van der Waals surface area contributed by atoms with Crippen molar-refractivity contribution in [1.29, 1.82) is 0 Å². The summed E-state index contributed by atoms with van der Waals surface area (Å²) in [6.45, 7) is 8.99. The quantitative estimate of drug-likeness (QED) is 0.260. The van der Waals surface area contributed by atoms with E-state index in [1.54, 1.807) is 6.07 Å². The van der Waals surface area contributed by atoms with Crippen LogP contribution in [0.4, 0.5) is 0 Å². The normalized spacial score (nSPS) is 12.7. The van der Waals surface area contributed by atoms with Gasteiger partial charge in [0.15, 0.2) is 0 Å². The molecule has 1 aromatic heterocycles. The summed E-state index contributed by atoms with van der Waals surface area (Å²) >= 11 is 7.06. The van der Waals surface area contributed by atoms with E-state index in [1.807, 2.05) is 35.2 Å². The number of aromatic hydroxyl groups is 1. The topological polar surface area (TPSA) is 111 Å². The highest BCUT2D eigenvalue weighted by Crippen LogP contribution is 2.27. The molecule has 3 aromatic rings. The van der Waals surface area contributed by atoms with Crippen LogP contribution in [0.15, 0.2) is 41.2 Å². The van der Waals surface area contributed by atoms with Gasteiger partial charge in [0.25, 0.3) is 0 Å². The molecule has 0 bridgehead atoms. The second-order valence-corrected chi connectivity index (χ2v) is 11.9. The minimum absolute atomic E-state index is 0.0214. The molecular formula is C27H37ClN4O3S. The number of H-pyrrole nitrogens is 1. The van der Waals surface area contributed by atoms with Gasteiger partial charge in [-0.3, -0.25) is 9.59 Å². The standard InChI is InChI=1S/C27H37ClN4O3S/c1-27(2,3)17-32(23(34)16-21(29)10-6-18-4-8-20(28)9-5-18)15-14-30-13-12-19-7-11-22(33)24-25(19)36-26(35)31-24/h4-5,7-9,11,21,30,33H,6,10,12-17,29H2,1-3H3,(H,31,35). The number of hydrogen-bond acceptors (Lipinski definition) is 6. The fraction of sp³-hybridized carbons (Fsp3) is 0.481.